The molecule has 0 heterocycles. The lowest BCUT2D eigenvalue weighted by molar-refractivity contribution is 0.0281. The van der Waals surface area contributed by atoms with Gasteiger partial charge in [-0.15, -0.1) is 0 Å². The highest BCUT2D eigenvalue weighted by atomic mass is 16.5. The highest BCUT2D eigenvalue weighted by molar-refractivity contribution is 5.79. The molecule has 1 aliphatic carbocycles. The molecule has 0 radical (unpaired) electrons. The lowest BCUT2D eigenvalue weighted by Crippen LogP contribution is -2.39. The zero-order valence-corrected chi connectivity index (χ0v) is 14.9. The van der Waals surface area contributed by atoms with Crippen LogP contribution >= 0.6 is 0 Å². The molecule has 0 aromatic carbocycles. The van der Waals surface area contributed by atoms with Crippen molar-refractivity contribution in [2.75, 3.05) is 53.2 Å². The summed E-state index contributed by atoms with van der Waals surface area (Å²) < 4.78 is 16.3. The van der Waals surface area contributed by atoms with E-state index in [-0.39, 0.29) is 0 Å². The third-order valence-electron chi connectivity index (χ3n) is 3.79. The molecule has 0 amide bonds. The van der Waals surface area contributed by atoms with Crippen molar-refractivity contribution >= 4 is 5.96 Å². The lowest BCUT2D eigenvalue weighted by Gasteiger charge is -2.21. The van der Waals surface area contributed by atoms with Crippen molar-refractivity contribution in [3.05, 3.63) is 0 Å². The van der Waals surface area contributed by atoms with E-state index in [1.807, 2.05) is 0 Å². The molecule has 0 aliphatic heterocycles. The van der Waals surface area contributed by atoms with E-state index in [4.69, 9.17) is 14.2 Å². The van der Waals surface area contributed by atoms with Crippen molar-refractivity contribution in [2.24, 2.45) is 4.99 Å². The smallest absolute Gasteiger partial charge is 0.191 e. The van der Waals surface area contributed by atoms with Gasteiger partial charge in [-0.05, 0) is 26.2 Å². The second kappa shape index (κ2) is 14.7. The summed E-state index contributed by atoms with van der Waals surface area (Å²) in [5.74, 6) is 0.848. The standard InChI is InChI=1S/C17H35N3O3/c1-3-18-17(20-11-13-22-15-14-21-2)19-10-7-12-23-16-8-5-4-6-9-16/h16H,3-15H2,1-2H3,(H2,18,19,20). The molecule has 6 heteroatoms. The number of hydrogen-bond donors (Lipinski definition) is 2. The maximum absolute atomic E-state index is 5.92. The Balaban J connectivity index is 2.05. The van der Waals surface area contributed by atoms with Crippen molar-refractivity contribution in [1.82, 2.24) is 10.6 Å². The number of nitrogens with zero attached hydrogens (tertiary/aromatic N) is 1. The van der Waals surface area contributed by atoms with Crippen LogP contribution < -0.4 is 10.6 Å². The molecule has 0 spiro atoms. The van der Waals surface area contributed by atoms with E-state index in [9.17, 15) is 0 Å². The summed E-state index contributed by atoms with van der Waals surface area (Å²) in [4.78, 5) is 4.56. The van der Waals surface area contributed by atoms with E-state index in [0.717, 1.165) is 38.6 Å². The average Bonchev–Trinajstić information content (AvgIpc) is 2.58. The molecule has 0 saturated heterocycles. The SMILES string of the molecule is CCNC(=NCCCOC1CCCCC1)NCCOCCOC. The molecule has 0 atom stereocenters. The van der Waals surface area contributed by atoms with E-state index in [2.05, 4.69) is 22.5 Å². The fourth-order valence-corrected chi connectivity index (χ4v) is 2.56. The van der Waals surface area contributed by atoms with Crippen LogP contribution in [0.1, 0.15) is 45.4 Å². The first-order chi connectivity index (χ1) is 11.4. The van der Waals surface area contributed by atoms with Gasteiger partial charge in [0.25, 0.3) is 0 Å². The summed E-state index contributed by atoms with van der Waals surface area (Å²) in [5, 5.41) is 6.51. The number of hydrogen-bond acceptors (Lipinski definition) is 4. The Morgan fingerprint density at radius 2 is 1.87 bits per heavy atom. The minimum atomic E-state index is 0.489. The molecule has 23 heavy (non-hydrogen) atoms. The molecule has 6 nitrogen and oxygen atoms in total. The predicted molar refractivity (Wildman–Crippen MR) is 94.1 cm³/mol. The number of ether oxygens (including phenoxy) is 3. The van der Waals surface area contributed by atoms with Crippen LogP contribution in [0.25, 0.3) is 0 Å². The van der Waals surface area contributed by atoms with E-state index in [1.54, 1.807) is 7.11 Å². The minimum absolute atomic E-state index is 0.489. The zero-order valence-electron chi connectivity index (χ0n) is 14.9. The van der Waals surface area contributed by atoms with Crippen LogP contribution in [0.3, 0.4) is 0 Å². The molecule has 1 fully saturated rings. The highest BCUT2D eigenvalue weighted by Crippen LogP contribution is 2.20. The molecule has 2 N–H and O–H groups in total. The van der Waals surface area contributed by atoms with E-state index < -0.39 is 0 Å². The van der Waals surface area contributed by atoms with Crippen LogP contribution in [0.4, 0.5) is 0 Å². The number of aliphatic imine (C=N–C) groups is 1. The largest absolute Gasteiger partial charge is 0.382 e. The van der Waals surface area contributed by atoms with Crippen molar-refractivity contribution in [1.29, 1.82) is 0 Å². The van der Waals surface area contributed by atoms with E-state index in [1.165, 1.54) is 32.1 Å². The summed E-state index contributed by atoms with van der Waals surface area (Å²) in [5.41, 5.74) is 0. The lowest BCUT2D eigenvalue weighted by atomic mass is 9.98. The summed E-state index contributed by atoms with van der Waals surface area (Å²) >= 11 is 0. The molecular formula is C17H35N3O3. The Labute approximate surface area is 141 Å². The Hall–Kier alpha value is -0.850. The number of methoxy groups -OCH3 is 1. The summed E-state index contributed by atoms with van der Waals surface area (Å²) in [6.45, 7) is 7.18. The van der Waals surface area contributed by atoms with Gasteiger partial charge in [0.2, 0.25) is 0 Å². The van der Waals surface area contributed by atoms with E-state index in [0.29, 0.717) is 25.9 Å². The number of rotatable bonds is 12. The van der Waals surface area contributed by atoms with Gasteiger partial charge in [-0.3, -0.25) is 4.99 Å². The molecule has 0 aromatic rings. The molecular weight excluding hydrogens is 294 g/mol. The van der Waals surface area contributed by atoms with Crippen molar-refractivity contribution in [2.45, 2.75) is 51.6 Å². The Kier molecular flexibility index (Phi) is 12.9. The van der Waals surface area contributed by atoms with Crippen LogP contribution in [0.15, 0.2) is 4.99 Å². The Morgan fingerprint density at radius 1 is 1.04 bits per heavy atom. The van der Waals surface area contributed by atoms with Crippen LogP contribution in [-0.4, -0.2) is 65.2 Å². The zero-order chi connectivity index (χ0) is 16.6. The third-order valence-corrected chi connectivity index (χ3v) is 3.79. The van der Waals surface area contributed by atoms with Gasteiger partial charge in [0.15, 0.2) is 5.96 Å². The number of guanidine groups is 1. The molecule has 1 aliphatic rings. The van der Waals surface area contributed by atoms with Gasteiger partial charge in [-0.25, -0.2) is 0 Å². The Morgan fingerprint density at radius 3 is 2.61 bits per heavy atom. The second-order valence-corrected chi connectivity index (χ2v) is 5.78. The fraction of sp³-hybridized carbons (Fsp3) is 0.941. The van der Waals surface area contributed by atoms with Gasteiger partial charge in [0.1, 0.15) is 0 Å². The maximum Gasteiger partial charge on any atom is 0.191 e. The van der Waals surface area contributed by atoms with Gasteiger partial charge in [-0.2, -0.15) is 0 Å². The fourth-order valence-electron chi connectivity index (χ4n) is 2.56. The van der Waals surface area contributed by atoms with E-state index >= 15 is 0 Å². The van der Waals surface area contributed by atoms with Crippen LogP contribution in [0.2, 0.25) is 0 Å². The van der Waals surface area contributed by atoms with Crippen molar-refractivity contribution in [3.63, 3.8) is 0 Å². The summed E-state index contributed by atoms with van der Waals surface area (Å²) in [7, 11) is 1.68. The first-order valence-electron chi connectivity index (χ1n) is 9.07. The summed E-state index contributed by atoms with van der Waals surface area (Å²) in [6, 6.07) is 0. The predicted octanol–water partition coefficient (Wildman–Crippen LogP) is 1.94. The van der Waals surface area contributed by atoms with Crippen molar-refractivity contribution < 1.29 is 14.2 Å². The molecule has 1 rings (SSSR count). The first kappa shape index (κ1) is 20.2. The van der Waals surface area contributed by atoms with Gasteiger partial charge in [-0.1, -0.05) is 19.3 Å². The van der Waals surface area contributed by atoms with Gasteiger partial charge < -0.3 is 24.8 Å². The summed E-state index contributed by atoms with van der Waals surface area (Å²) in [6.07, 6.45) is 7.94. The van der Waals surface area contributed by atoms with Gasteiger partial charge >= 0.3 is 0 Å². The monoisotopic (exact) mass is 329 g/mol. The quantitative estimate of drug-likeness (QED) is 0.325. The van der Waals surface area contributed by atoms with Gasteiger partial charge in [0.05, 0.1) is 25.9 Å². The van der Waals surface area contributed by atoms with Gasteiger partial charge in [0, 0.05) is 33.4 Å². The normalized spacial score (nSPS) is 16.5. The minimum Gasteiger partial charge on any atom is -0.382 e. The highest BCUT2D eigenvalue weighted by Gasteiger charge is 2.12. The molecule has 0 aromatic heterocycles. The molecule has 136 valence electrons. The Bertz CT molecular complexity index is 295. The molecule has 0 unspecified atom stereocenters. The third kappa shape index (κ3) is 11.3. The van der Waals surface area contributed by atoms with Crippen LogP contribution in [0.5, 0.6) is 0 Å². The maximum atomic E-state index is 5.92. The van der Waals surface area contributed by atoms with Crippen LogP contribution in [-0.2, 0) is 14.2 Å². The molecule has 1 saturated carbocycles. The topological polar surface area (TPSA) is 64.1 Å². The molecule has 0 bridgehead atoms. The van der Waals surface area contributed by atoms with Crippen molar-refractivity contribution in [3.8, 4) is 0 Å². The second-order valence-electron chi connectivity index (χ2n) is 5.78. The average molecular weight is 329 g/mol. The van der Waals surface area contributed by atoms with Crippen LogP contribution in [0, 0.1) is 0 Å². The first-order valence-corrected chi connectivity index (χ1v) is 9.07. The number of nitrogens with one attached hydrogen (secondary N) is 2.